The fourth-order valence-electron chi connectivity index (χ4n) is 3.38. The van der Waals surface area contributed by atoms with E-state index in [0.29, 0.717) is 12.2 Å². The lowest BCUT2D eigenvalue weighted by atomic mass is 10.1. The summed E-state index contributed by atoms with van der Waals surface area (Å²) < 4.78 is 27.6. The van der Waals surface area contributed by atoms with Crippen LogP contribution >= 0.6 is 0 Å². The number of hydrogen-bond donors (Lipinski definition) is 2. The molecule has 8 nitrogen and oxygen atoms in total. The summed E-state index contributed by atoms with van der Waals surface area (Å²) in [7, 11) is -3.76. The average Bonchev–Trinajstić information content (AvgIpc) is 2.98. The van der Waals surface area contributed by atoms with E-state index in [2.05, 4.69) is 15.0 Å². The number of fused-ring (bicyclic) bond motifs is 1. The maximum Gasteiger partial charge on any atom is 0.240 e. The first-order valence-electron chi connectivity index (χ1n) is 9.32. The van der Waals surface area contributed by atoms with Gasteiger partial charge in [-0.3, -0.25) is 9.59 Å². The van der Waals surface area contributed by atoms with Crippen molar-refractivity contribution in [2.45, 2.75) is 44.6 Å². The molecule has 3 rings (SSSR count). The molecule has 1 aliphatic rings. The Kier molecular flexibility index (Phi) is 5.99. The first-order chi connectivity index (χ1) is 13.7. The average molecular weight is 417 g/mol. The van der Waals surface area contributed by atoms with Gasteiger partial charge >= 0.3 is 0 Å². The highest BCUT2D eigenvalue weighted by Crippen LogP contribution is 2.33. The van der Waals surface area contributed by atoms with Crippen LogP contribution in [0.2, 0.25) is 0 Å². The van der Waals surface area contributed by atoms with Crippen LogP contribution in [0.4, 0.5) is 11.5 Å². The Labute approximate surface area is 170 Å². The van der Waals surface area contributed by atoms with E-state index >= 15 is 0 Å². The smallest absolute Gasteiger partial charge is 0.240 e. The Morgan fingerprint density at radius 3 is 2.66 bits per heavy atom. The van der Waals surface area contributed by atoms with Gasteiger partial charge in [0.1, 0.15) is 5.82 Å². The zero-order valence-electron chi connectivity index (χ0n) is 16.6. The van der Waals surface area contributed by atoms with Gasteiger partial charge in [-0.2, -0.15) is 0 Å². The van der Waals surface area contributed by atoms with Crippen LogP contribution in [0.15, 0.2) is 41.4 Å². The van der Waals surface area contributed by atoms with Crippen molar-refractivity contribution in [3.05, 3.63) is 47.7 Å². The quantitative estimate of drug-likeness (QED) is 0.749. The molecular formula is C20H24N4O4S. The number of carbonyl (C=O) groups is 2. The fraction of sp³-hybridized carbons (Fsp3) is 0.350. The van der Waals surface area contributed by atoms with Crippen molar-refractivity contribution in [3.63, 3.8) is 0 Å². The van der Waals surface area contributed by atoms with Crippen LogP contribution in [0.3, 0.4) is 0 Å². The lowest BCUT2D eigenvalue weighted by Gasteiger charge is -2.20. The number of benzene rings is 1. The van der Waals surface area contributed by atoms with Crippen molar-refractivity contribution in [3.8, 4) is 0 Å². The molecule has 0 spiro atoms. The van der Waals surface area contributed by atoms with Gasteiger partial charge in [-0.25, -0.2) is 18.1 Å². The molecule has 2 amide bonds. The lowest BCUT2D eigenvalue weighted by molar-refractivity contribution is -0.117. The second-order valence-electron chi connectivity index (χ2n) is 7.15. The molecule has 1 aromatic carbocycles. The van der Waals surface area contributed by atoms with E-state index in [4.69, 9.17) is 0 Å². The molecule has 0 aliphatic carbocycles. The normalized spacial score (nSPS) is 15.8. The number of hydrogen-bond acceptors (Lipinski definition) is 5. The van der Waals surface area contributed by atoms with E-state index in [1.54, 1.807) is 29.3 Å². The number of sulfonamides is 1. The maximum absolute atomic E-state index is 12.6. The van der Waals surface area contributed by atoms with Gasteiger partial charge in [-0.1, -0.05) is 6.07 Å². The minimum Gasteiger partial charge on any atom is -0.311 e. The highest BCUT2D eigenvalue weighted by atomic mass is 32.2. The zero-order valence-corrected chi connectivity index (χ0v) is 17.4. The van der Waals surface area contributed by atoms with Crippen molar-refractivity contribution in [1.82, 2.24) is 9.71 Å². The predicted molar refractivity (Wildman–Crippen MR) is 110 cm³/mol. The molecular weight excluding hydrogens is 392 g/mol. The van der Waals surface area contributed by atoms with Gasteiger partial charge in [0.25, 0.3) is 0 Å². The van der Waals surface area contributed by atoms with Gasteiger partial charge in [-0.15, -0.1) is 0 Å². The standard InChI is InChI=1S/C20H24N4O4S/c1-13-4-7-19(21-12-13)23-20(26)8-9-22-29(27,28)17-5-6-18-16(11-17)10-14(2)24(18)15(3)25/h4-7,11-12,14,22H,8-10H2,1-3H3,(H,21,23,26)/t14-/m1/s1. The molecule has 0 fully saturated rings. The predicted octanol–water partition coefficient (Wildman–Crippen LogP) is 1.99. The van der Waals surface area contributed by atoms with Crippen LogP contribution in [0.25, 0.3) is 0 Å². The number of rotatable bonds is 6. The van der Waals surface area contributed by atoms with Gasteiger partial charge in [0.05, 0.1) is 4.90 Å². The molecule has 0 saturated heterocycles. The summed E-state index contributed by atoms with van der Waals surface area (Å²) in [6.07, 6.45) is 2.22. The van der Waals surface area contributed by atoms with Crippen molar-refractivity contribution in [1.29, 1.82) is 0 Å². The van der Waals surface area contributed by atoms with Crippen LogP contribution in [0.5, 0.6) is 0 Å². The third kappa shape index (κ3) is 4.80. The number of aromatic nitrogens is 1. The lowest BCUT2D eigenvalue weighted by Crippen LogP contribution is -2.33. The maximum atomic E-state index is 12.6. The van der Waals surface area contributed by atoms with Crippen molar-refractivity contribution >= 4 is 33.3 Å². The van der Waals surface area contributed by atoms with Crippen molar-refractivity contribution < 1.29 is 18.0 Å². The second kappa shape index (κ2) is 8.30. The number of aryl methyl sites for hydroxylation is 1. The largest absolute Gasteiger partial charge is 0.311 e. The Morgan fingerprint density at radius 1 is 1.24 bits per heavy atom. The monoisotopic (exact) mass is 416 g/mol. The van der Waals surface area contributed by atoms with Crippen LogP contribution in [-0.2, 0) is 26.0 Å². The highest BCUT2D eigenvalue weighted by Gasteiger charge is 2.30. The SMILES string of the molecule is CC(=O)N1c2ccc(S(=O)(=O)NCCC(=O)Nc3ccc(C)cn3)cc2C[C@H]1C. The van der Waals surface area contributed by atoms with E-state index in [9.17, 15) is 18.0 Å². The van der Waals surface area contributed by atoms with Gasteiger partial charge in [0, 0.05) is 37.8 Å². The van der Waals surface area contributed by atoms with Gasteiger partial charge < -0.3 is 10.2 Å². The molecule has 2 heterocycles. The second-order valence-corrected chi connectivity index (χ2v) is 8.92. The minimum absolute atomic E-state index is 0.00695. The Balaban J connectivity index is 1.60. The first-order valence-corrected chi connectivity index (χ1v) is 10.8. The van der Waals surface area contributed by atoms with E-state index in [1.807, 2.05) is 19.9 Å². The molecule has 154 valence electrons. The summed E-state index contributed by atoms with van der Waals surface area (Å²) in [4.78, 5) is 29.7. The topological polar surface area (TPSA) is 108 Å². The van der Waals surface area contributed by atoms with E-state index in [-0.39, 0.29) is 35.7 Å². The summed E-state index contributed by atoms with van der Waals surface area (Å²) in [5.41, 5.74) is 2.54. The Hall–Kier alpha value is -2.78. The van der Waals surface area contributed by atoms with Crippen LogP contribution in [0.1, 0.15) is 31.4 Å². The zero-order chi connectivity index (χ0) is 21.2. The van der Waals surface area contributed by atoms with Crippen LogP contribution < -0.4 is 14.9 Å². The minimum atomic E-state index is -3.76. The molecule has 1 aromatic heterocycles. The summed E-state index contributed by atoms with van der Waals surface area (Å²) >= 11 is 0. The number of anilines is 2. The fourth-order valence-corrected chi connectivity index (χ4v) is 4.47. The molecule has 29 heavy (non-hydrogen) atoms. The summed E-state index contributed by atoms with van der Waals surface area (Å²) in [6, 6.07) is 8.23. The summed E-state index contributed by atoms with van der Waals surface area (Å²) in [6.45, 7) is 5.28. The molecule has 0 radical (unpaired) electrons. The molecule has 0 unspecified atom stereocenters. The Bertz CT molecular complexity index is 1030. The summed E-state index contributed by atoms with van der Waals surface area (Å²) in [5, 5.41) is 2.63. The molecule has 9 heteroatoms. The molecule has 2 N–H and O–H groups in total. The van der Waals surface area contributed by atoms with Gasteiger partial charge in [0.2, 0.25) is 21.8 Å². The van der Waals surface area contributed by atoms with Crippen molar-refractivity contribution in [2.24, 2.45) is 0 Å². The van der Waals surface area contributed by atoms with E-state index in [0.717, 1.165) is 16.8 Å². The third-order valence-electron chi connectivity index (χ3n) is 4.74. The number of nitrogens with one attached hydrogen (secondary N) is 2. The molecule has 2 aromatic rings. The molecule has 1 atom stereocenters. The molecule has 1 aliphatic heterocycles. The Morgan fingerprint density at radius 2 is 2.00 bits per heavy atom. The first kappa shape index (κ1) is 20.9. The van der Waals surface area contributed by atoms with Gasteiger partial charge in [0.15, 0.2) is 0 Å². The highest BCUT2D eigenvalue weighted by molar-refractivity contribution is 7.89. The van der Waals surface area contributed by atoms with E-state index < -0.39 is 10.0 Å². The third-order valence-corrected chi connectivity index (χ3v) is 6.20. The van der Waals surface area contributed by atoms with Crippen LogP contribution in [0, 0.1) is 6.92 Å². The van der Waals surface area contributed by atoms with Gasteiger partial charge in [-0.05, 0) is 55.7 Å². The number of pyridine rings is 1. The molecule has 0 bridgehead atoms. The number of amides is 2. The summed E-state index contributed by atoms with van der Waals surface area (Å²) in [5.74, 6) is 0.0224. The van der Waals surface area contributed by atoms with Crippen molar-refractivity contribution in [2.75, 3.05) is 16.8 Å². The van der Waals surface area contributed by atoms with Crippen LogP contribution in [-0.4, -0.2) is 37.8 Å². The van der Waals surface area contributed by atoms with E-state index in [1.165, 1.54) is 13.0 Å². The molecule has 0 saturated carbocycles. The number of nitrogens with zero attached hydrogens (tertiary/aromatic N) is 2. The number of carbonyl (C=O) groups excluding carboxylic acids is 2.